The second kappa shape index (κ2) is 6.01. The minimum atomic E-state index is -3.04. The Hall–Kier alpha value is -1.27. The summed E-state index contributed by atoms with van der Waals surface area (Å²) < 4.78 is 34.6. The second-order valence-corrected chi connectivity index (χ2v) is 7.41. The Labute approximate surface area is 120 Å². The first-order valence-corrected chi connectivity index (χ1v) is 8.43. The number of methoxy groups -OCH3 is 2. The summed E-state index contributed by atoms with van der Waals surface area (Å²) in [6.45, 7) is 2.64. The van der Waals surface area contributed by atoms with E-state index in [1.165, 1.54) is 0 Å². The summed E-state index contributed by atoms with van der Waals surface area (Å²) >= 11 is 0. The molecule has 0 spiro atoms. The van der Waals surface area contributed by atoms with Crippen LogP contribution in [0.2, 0.25) is 0 Å². The number of ether oxygens (including phenoxy) is 2. The zero-order chi connectivity index (χ0) is 14.8. The lowest BCUT2D eigenvalue weighted by Gasteiger charge is -2.18. The third-order valence-corrected chi connectivity index (χ3v) is 5.40. The Kier molecular flexibility index (Phi) is 4.55. The van der Waals surface area contributed by atoms with Crippen molar-refractivity contribution in [2.24, 2.45) is 5.92 Å². The van der Waals surface area contributed by atoms with Gasteiger partial charge in [-0.15, -0.1) is 0 Å². The molecule has 112 valence electrons. The van der Waals surface area contributed by atoms with Crippen LogP contribution in [0.1, 0.15) is 18.5 Å². The fourth-order valence-electron chi connectivity index (χ4n) is 2.50. The summed E-state index contributed by atoms with van der Waals surface area (Å²) in [5, 5.41) is 3.32. The highest BCUT2D eigenvalue weighted by atomic mass is 32.2. The average molecular weight is 299 g/mol. The summed E-state index contributed by atoms with van der Waals surface area (Å²) in [4.78, 5) is 0. The summed E-state index contributed by atoms with van der Waals surface area (Å²) in [6.07, 6.45) is 0. The molecule has 0 amide bonds. The Bertz CT molecular complexity index is 571. The van der Waals surface area contributed by atoms with Crippen molar-refractivity contribution < 1.29 is 17.9 Å². The third-order valence-electron chi connectivity index (χ3n) is 3.48. The number of rotatable bonds is 3. The fraction of sp³-hybridized carbons (Fsp3) is 0.571. The molecular formula is C14H21NO4S. The first kappa shape index (κ1) is 15.1. The van der Waals surface area contributed by atoms with Gasteiger partial charge in [-0.2, -0.15) is 0 Å². The minimum absolute atomic E-state index is 0.118. The molecule has 1 aliphatic heterocycles. The molecule has 0 saturated carbocycles. The molecule has 1 saturated heterocycles. The van der Waals surface area contributed by atoms with Crippen molar-refractivity contribution in [2.45, 2.75) is 13.0 Å². The summed E-state index contributed by atoms with van der Waals surface area (Å²) in [6, 6.07) is 5.31. The predicted molar refractivity (Wildman–Crippen MR) is 78.1 cm³/mol. The highest BCUT2D eigenvalue weighted by molar-refractivity contribution is 7.91. The SMILES string of the molecule is COc1ccc(C2CS(=O)(=O)CC(C)CN2)cc1OC. The van der Waals surface area contributed by atoms with E-state index >= 15 is 0 Å². The molecule has 1 N–H and O–H groups in total. The molecule has 0 aromatic heterocycles. The fourth-order valence-corrected chi connectivity index (χ4v) is 4.44. The molecule has 2 atom stereocenters. The molecule has 5 nitrogen and oxygen atoms in total. The van der Waals surface area contributed by atoms with E-state index in [0.717, 1.165) is 5.56 Å². The lowest BCUT2D eigenvalue weighted by molar-refractivity contribution is 0.354. The maximum absolute atomic E-state index is 12.0. The van der Waals surface area contributed by atoms with Gasteiger partial charge in [-0.1, -0.05) is 13.0 Å². The molecule has 1 heterocycles. The van der Waals surface area contributed by atoms with Gasteiger partial charge in [-0.05, 0) is 30.2 Å². The Morgan fingerprint density at radius 3 is 2.50 bits per heavy atom. The number of hydrogen-bond donors (Lipinski definition) is 1. The van der Waals surface area contributed by atoms with Crippen molar-refractivity contribution in [2.75, 3.05) is 32.3 Å². The number of nitrogens with one attached hydrogen (secondary N) is 1. The maximum Gasteiger partial charge on any atom is 0.161 e. The van der Waals surface area contributed by atoms with Gasteiger partial charge >= 0.3 is 0 Å². The van der Waals surface area contributed by atoms with Crippen LogP contribution < -0.4 is 14.8 Å². The molecule has 20 heavy (non-hydrogen) atoms. The molecule has 0 radical (unpaired) electrons. The van der Waals surface area contributed by atoms with Crippen molar-refractivity contribution in [3.05, 3.63) is 23.8 Å². The van der Waals surface area contributed by atoms with Crippen molar-refractivity contribution >= 4 is 9.84 Å². The quantitative estimate of drug-likeness (QED) is 0.914. The molecule has 2 unspecified atom stereocenters. The van der Waals surface area contributed by atoms with Crippen LogP contribution in [0.25, 0.3) is 0 Å². The van der Waals surface area contributed by atoms with Crippen LogP contribution >= 0.6 is 0 Å². The molecule has 6 heteroatoms. The van der Waals surface area contributed by atoms with Gasteiger partial charge in [0.05, 0.1) is 25.7 Å². The number of hydrogen-bond acceptors (Lipinski definition) is 5. The van der Waals surface area contributed by atoms with Crippen LogP contribution in [0, 0.1) is 5.92 Å². The van der Waals surface area contributed by atoms with Gasteiger partial charge in [0.2, 0.25) is 0 Å². The van der Waals surface area contributed by atoms with E-state index in [4.69, 9.17) is 9.47 Å². The van der Waals surface area contributed by atoms with E-state index in [1.54, 1.807) is 20.3 Å². The topological polar surface area (TPSA) is 64.6 Å². The Balaban J connectivity index is 2.30. The molecule has 1 aromatic rings. The van der Waals surface area contributed by atoms with Crippen LogP contribution in [-0.2, 0) is 9.84 Å². The Morgan fingerprint density at radius 1 is 1.15 bits per heavy atom. The van der Waals surface area contributed by atoms with Crippen molar-refractivity contribution in [1.29, 1.82) is 0 Å². The van der Waals surface area contributed by atoms with Crippen LogP contribution in [0.4, 0.5) is 0 Å². The number of sulfone groups is 1. The standard InChI is InChI=1S/C14H21NO4S/c1-10-7-15-12(9-20(16,17)8-10)11-4-5-13(18-2)14(6-11)19-3/h4-6,10,12,15H,7-9H2,1-3H3. The van der Waals surface area contributed by atoms with E-state index in [9.17, 15) is 8.42 Å². The molecule has 0 bridgehead atoms. The number of benzene rings is 1. The summed E-state index contributed by atoms with van der Waals surface area (Å²) in [7, 11) is 0.112. The van der Waals surface area contributed by atoms with Crippen LogP contribution in [0.5, 0.6) is 11.5 Å². The molecule has 1 aliphatic rings. The summed E-state index contributed by atoms with van der Waals surface area (Å²) in [5.74, 6) is 1.74. The van der Waals surface area contributed by atoms with E-state index in [-0.39, 0.29) is 23.5 Å². The van der Waals surface area contributed by atoms with Gasteiger partial charge in [-0.3, -0.25) is 0 Å². The zero-order valence-corrected chi connectivity index (χ0v) is 12.9. The van der Waals surface area contributed by atoms with Crippen molar-refractivity contribution in [1.82, 2.24) is 5.32 Å². The van der Waals surface area contributed by atoms with Crippen LogP contribution in [0.3, 0.4) is 0 Å². The molecule has 1 fully saturated rings. The van der Waals surface area contributed by atoms with Crippen LogP contribution in [-0.4, -0.2) is 40.7 Å². The molecule has 1 aromatic carbocycles. The lowest BCUT2D eigenvalue weighted by atomic mass is 10.1. The third kappa shape index (κ3) is 3.43. The monoisotopic (exact) mass is 299 g/mol. The predicted octanol–water partition coefficient (Wildman–Crippen LogP) is 1.40. The van der Waals surface area contributed by atoms with Gasteiger partial charge in [-0.25, -0.2) is 8.42 Å². The first-order chi connectivity index (χ1) is 9.45. The normalized spacial score (nSPS) is 25.8. The highest BCUT2D eigenvalue weighted by Gasteiger charge is 2.27. The van der Waals surface area contributed by atoms with Gasteiger partial charge in [0.15, 0.2) is 21.3 Å². The molecular weight excluding hydrogens is 278 g/mol. The van der Waals surface area contributed by atoms with E-state index < -0.39 is 9.84 Å². The van der Waals surface area contributed by atoms with E-state index in [2.05, 4.69) is 5.32 Å². The largest absolute Gasteiger partial charge is 0.493 e. The maximum atomic E-state index is 12.0. The van der Waals surface area contributed by atoms with Crippen LogP contribution in [0.15, 0.2) is 18.2 Å². The van der Waals surface area contributed by atoms with E-state index in [0.29, 0.717) is 18.0 Å². The van der Waals surface area contributed by atoms with Gasteiger partial charge in [0, 0.05) is 6.04 Å². The van der Waals surface area contributed by atoms with Gasteiger partial charge < -0.3 is 14.8 Å². The second-order valence-electron chi connectivity index (χ2n) is 5.26. The molecule has 0 aliphatic carbocycles. The van der Waals surface area contributed by atoms with E-state index in [1.807, 2.05) is 19.1 Å². The first-order valence-electron chi connectivity index (χ1n) is 6.61. The van der Waals surface area contributed by atoms with Crippen molar-refractivity contribution in [3.63, 3.8) is 0 Å². The zero-order valence-electron chi connectivity index (χ0n) is 12.0. The van der Waals surface area contributed by atoms with Crippen molar-refractivity contribution in [3.8, 4) is 11.5 Å². The van der Waals surface area contributed by atoms with Gasteiger partial charge in [0.25, 0.3) is 0 Å². The summed E-state index contributed by atoms with van der Waals surface area (Å²) in [5.41, 5.74) is 0.903. The Morgan fingerprint density at radius 2 is 1.85 bits per heavy atom. The minimum Gasteiger partial charge on any atom is -0.493 e. The average Bonchev–Trinajstić information content (AvgIpc) is 2.55. The lowest BCUT2D eigenvalue weighted by Crippen LogP contribution is -2.26. The molecule has 2 rings (SSSR count). The highest BCUT2D eigenvalue weighted by Crippen LogP contribution is 2.31. The van der Waals surface area contributed by atoms with Gasteiger partial charge in [0.1, 0.15) is 0 Å². The smallest absolute Gasteiger partial charge is 0.161 e.